The first-order chi connectivity index (χ1) is 13.3. The zero-order valence-electron chi connectivity index (χ0n) is 15.8. The van der Waals surface area contributed by atoms with Crippen molar-refractivity contribution in [3.63, 3.8) is 0 Å². The summed E-state index contributed by atoms with van der Waals surface area (Å²) in [7, 11) is 0. The summed E-state index contributed by atoms with van der Waals surface area (Å²) in [5.41, 5.74) is 5.10. The van der Waals surface area contributed by atoms with Gasteiger partial charge in [-0.1, -0.05) is 36.4 Å². The minimum Gasteiger partial charge on any atom is -0.492 e. The smallest absolute Gasteiger partial charge is 0.123 e. The van der Waals surface area contributed by atoms with E-state index in [9.17, 15) is 0 Å². The van der Waals surface area contributed by atoms with Crippen molar-refractivity contribution in [1.82, 2.24) is 9.88 Å². The molecule has 2 aromatic carbocycles. The van der Waals surface area contributed by atoms with E-state index in [0.29, 0.717) is 6.04 Å². The predicted octanol–water partition coefficient (Wildman–Crippen LogP) is 4.96. The number of aryl methyl sites for hydroxylation is 1. The van der Waals surface area contributed by atoms with Crippen molar-refractivity contribution in [3.05, 3.63) is 84.2 Å². The molecule has 3 nitrogen and oxygen atoms in total. The molecule has 27 heavy (non-hydrogen) atoms. The van der Waals surface area contributed by atoms with Crippen molar-refractivity contribution < 1.29 is 4.74 Å². The molecule has 0 unspecified atom stereocenters. The van der Waals surface area contributed by atoms with E-state index in [-0.39, 0.29) is 0 Å². The Morgan fingerprint density at radius 2 is 1.81 bits per heavy atom. The van der Waals surface area contributed by atoms with Crippen LogP contribution in [0.15, 0.2) is 73.1 Å². The minimum absolute atomic E-state index is 0.414. The van der Waals surface area contributed by atoms with Gasteiger partial charge in [-0.05, 0) is 67.3 Å². The highest BCUT2D eigenvalue weighted by Crippen LogP contribution is 2.30. The lowest BCUT2D eigenvalue weighted by molar-refractivity contribution is 0.157. The van der Waals surface area contributed by atoms with Crippen molar-refractivity contribution in [1.29, 1.82) is 0 Å². The molecule has 0 N–H and O–H groups in total. The van der Waals surface area contributed by atoms with E-state index in [2.05, 4.69) is 77.5 Å². The third kappa shape index (κ3) is 4.37. The fourth-order valence-electron chi connectivity index (χ4n) is 3.69. The molecular weight excluding hydrogens is 332 g/mol. The van der Waals surface area contributed by atoms with Crippen LogP contribution in [0, 0.1) is 0 Å². The first kappa shape index (κ1) is 17.7. The van der Waals surface area contributed by atoms with E-state index in [4.69, 9.17) is 4.74 Å². The molecule has 138 valence electrons. The number of aromatic nitrogens is 1. The largest absolute Gasteiger partial charge is 0.492 e. The lowest BCUT2D eigenvalue weighted by Gasteiger charge is -2.26. The van der Waals surface area contributed by atoms with E-state index < -0.39 is 0 Å². The molecule has 0 radical (unpaired) electrons. The Kier molecular flexibility index (Phi) is 5.50. The van der Waals surface area contributed by atoms with Gasteiger partial charge in [-0.2, -0.15) is 0 Å². The standard InChI is InChI=1S/C24H26N2O/c1-19-18-27-24-10-9-22(21-11-13-25-14-12-21)16-23(24)17-26(19)15-5-8-20-6-3-2-4-7-20/h2-4,6-7,9-14,16,19H,5,8,15,17-18H2,1H3/t19-/m0/s1. The normalized spacial score (nSPS) is 17.0. The number of rotatable bonds is 5. The Labute approximate surface area is 161 Å². The lowest BCUT2D eigenvalue weighted by Crippen LogP contribution is -2.35. The van der Waals surface area contributed by atoms with Crippen LogP contribution in [0.2, 0.25) is 0 Å². The summed E-state index contributed by atoms with van der Waals surface area (Å²) in [4.78, 5) is 6.67. The number of benzene rings is 2. The van der Waals surface area contributed by atoms with E-state index in [1.807, 2.05) is 12.4 Å². The van der Waals surface area contributed by atoms with Gasteiger partial charge in [-0.15, -0.1) is 0 Å². The third-order valence-corrected chi connectivity index (χ3v) is 5.30. The first-order valence-electron chi connectivity index (χ1n) is 9.74. The van der Waals surface area contributed by atoms with Gasteiger partial charge in [0.2, 0.25) is 0 Å². The van der Waals surface area contributed by atoms with Crippen LogP contribution in [0.1, 0.15) is 24.5 Å². The first-order valence-corrected chi connectivity index (χ1v) is 9.74. The molecule has 0 fully saturated rings. The Morgan fingerprint density at radius 3 is 2.63 bits per heavy atom. The molecule has 1 aromatic heterocycles. The fraction of sp³-hybridized carbons (Fsp3) is 0.292. The Morgan fingerprint density at radius 1 is 1.00 bits per heavy atom. The van der Waals surface area contributed by atoms with Gasteiger partial charge in [-0.3, -0.25) is 9.88 Å². The Bertz CT molecular complexity index is 864. The van der Waals surface area contributed by atoms with E-state index >= 15 is 0 Å². The maximum Gasteiger partial charge on any atom is 0.123 e. The molecule has 2 heterocycles. The van der Waals surface area contributed by atoms with E-state index in [1.165, 1.54) is 22.3 Å². The Hall–Kier alpha value is -2.65. The maximum atomic E-state index is 6.09. The predicted molar refractivity (Wildman–Crippen MR) is 110 cm³/mol. The summed E-state index contributed by atoms with van der Waals surface area (Å²) < 4.78 is 6.09. The highest BCUT2D eigenvalue weighted by molar-refractivity contribution is 5.65. The molecule has 4 rings (SSSR count). The summed E-state index contributed by atoms with van der Waals surface area (Å²) in [5, 5.41) is 0. The number of pyridine rings is 1. The molecule has 1 aliphatic heterocycles. The summed E-state index contributed by atoms with van der Waals surface area (Å²) >= 11 is 0. The van der Waals surface area contributed by atoms with Gasteiger partial charge in [0, 0.05) is 30.5 Å². The van der Waals surface area contributed by atoms with Gasteiger partial charge >= 0.3 is 0 Å². The zero-order valence-corrected chi connectivity index (χ0v) is 15.8. The molecule has 0 bridgehead atoms. The topological polar surface area (TPSA) is 25.4 Å². The summed E-state index contributed by atoms with van der Waals surface area (Å²) in [6.07, 6.45) is 5.97. The highest BCUT2D eigenvalue weighted by Gasteiger charge is 2.21. The van der Waals surface area contributed by atoms with Gasteiger partial charge in [-0.25, -0.2) is 0 Å². The van der Waals surface area contributed by atoms with Gasteiger partial charge in [0.25, 0.3) is 0 Å². The van der Waals surface area contributed by atoms with E-state index in [1.54, 1.807) is 0 Å². The van der Waals surface area contributed by atoms with Crippen LogP contribution in [0.5, 0.6) is 5.75 Å². The summed E-state index contributed by atoms with van der Waals surface area (Å²) in [6.45, 7) is 5.02. The highest BCUT2D eigenvalue weighted by atomic mass is 16.5. The van der Waals surface area contributed by atoms with Crippen LogP contribution >= 0.6 is 0 Å². The van der Waals surface area contributed by atoms with Crippen LogP contribution in [-0.4, -0.2) is 29.1 Å². The van der Waals surface area contributed by atoms with Crippen LogP contribution in [0.3, 0.4) is 0 Å². The monoisotopic (exact) mass is 358 g/mol. The van der Waals surface area contributed by atoms with Crippen LogP contribution in [0.4, 0.5) is 0 Å². The molecule has 3 aromatic rings. The second kappa shape index (κ2) is 8.36. The zero-order chi connectivity index (χ0) is 18.5. The molecule has 0 spiro atoms. The molecule has 1 atom stereocenters. The average molecular weight is 358 g/mol. The van der Waals surface area contributed by atoms with Crippen molar-refractivity contribution in [2.24, 2.45) is 0 Å². The van der Waals surface area contributed by atoms with Crippen molar-refractivity contribution in [2.75, 3.05) is 13.2 Å². The molecule has 1 aliphatic rings. The SMILES string of the molecule is C[C@H]1COc2ccc(-c3ccncc3)cc2CN1CCCc1ccccc1. The van der Waals surface area contributed by atoms with Crippen molar-refractivity contribution in [2.45, 2.75) is 32.4 Å². The number of hydrogen-bond donors (Lipinski definition) is 0. The van der Waals surface area contributed by atoms with Gasteiger partial charge in [0.1, 0.15) is 12.4 Å². The number of hydrogen-bond acceptors (Lipinski definition) is 3. The van der Waals surface area contributed by atoms with Crippen LogP contribution < -0.4 is 4.74 Å². The Balaban J connectivity index is 1.47. The molecule has 3 heteroatoms. The molecule has 0 amide bonds. The van der Waals surface area contributed by atoms with Crippen molar-refractivity contribution >= 4 is 0 Å². The number of nitrogens with zero attached hydrogens (tertiary/aromatic N) is 2. The van der Waals surface area contributed by atoms with Gasteiger partial charge < -0.3 is 4.74 Å². The molecular formula is C24H26N2O. The van der Waals surface area contributed by atoms with Crippen LogP contribution in [-0.2, 0) is 13.0 Å². The van der Waals surface area contributed by atoms with Crippen LogP contribution in [0.25, 0.3) is 11.1 Å². The number of ether oxygens (including phenoxy) is 1. The second-order valence-electron chi connectivity index (χ2n) is 7.28. The maximum absolute atomic E-state index is 6.09. The lowest BCUT2D eigenvalue weighted by atomic mass is 10.0. The van der Waals surface area contributed by atoms with Gasteiger partial charge in [0.15, 0.2) is 0 Å². The average Bonchev–Trinajstić information content (AvgIpc) is 2.88. The van der Waals surface area contributed by atoms with Gasteiger partial charge in [0.05, 0.1) is 0 Å². The summed E-state index contributed by atoms with van der Waals surface area (Å²) in [6, 6.07) is 21.8. The summed E-state index contributed by atoms with van der Waals surface area (Å²) in [5.74, 6) is 1.02. The fourth-order valence-corrected chi connectivity index (χ4v) is 3.69. The molecule has 0 saturated heterocycles. The van der Waals surface area contributed by atoms with Crippen molar-refractivity contribution in [3.8, 4) is 16.9 Å². The minimum atomic E-state index is 0.414. The second-order valence-corrected chi connectivity index (χ2v) is 7.28. The third-order valence-electron chi connectivity index (χ3n) is 5.30. The quantitative estimate of drug-likeness (QED) is 0.644. The van der Waals surface area contributed by atoms with E-state index in [0.717, 1.165) is 38.3 Å². The molecule has 0 saturated carbocycles. The molecule has 0 aliphatic carbocycles. The number of fused-ring (bicyclic) bond motifs is 1.